The first-order valence-corrected chi connectivity index (χ1v) is 14.4. The molecule has 0 aromatic heterocycles. The van der Waals surface area contributed by atoms with Gasteiger partial charge in [-0.3, -0.25) is 9.69 Å². The fourth-order valence-corrected chi connectivity index (χ4v) is 5.58. The third kappa shape index (κ3) is 7.70. The summed E-state index contributed by atoms with van der Waals surface area (Å²) in [5, 5.41) is 9.67. The second-order valence-corrected chi connectivity index (χ2v) is 10.5. The molecule has 1 N–H and O–H groups in total. The van der Waals surface area contributed by atoms with Gasteiger partial charge in [0.2, 0.25) is 0 Å². The van der Waals surface area contributed by atoms with Crippen LogP contribution in [0.5, 0.6) is 5.75 Å². The van der Waals surface area contributed by atoms with Gasteiger partial charge in [0, 0.05) is 57.4 Å². The minimum atomic E-state index is -0.107. The monoisotopic (exact) mass is 544 g/mol. The number of benzene rings is 3. The fraction of sp³-hybridized carbons (Fsp3) is 0.424. The van der Waals surface area contributed by atoms with Crippen LogP contribution in [-0.4, -0.2) is 79.6 Å². The van der Waals surface area contributed by atoms with E-state index in [1.54, 1.807) is 4.90 Å². The molecule has 0 radical (unpaired) electrons. The Hall–Kier alpha value is -3.23. The molecule has 1 saturated heterocycles. The van der Waals surface area contributed by atoms with Gasteiger partial charge >= 0.3 is 0 Å². The molecule has 7 heteroatoms. The Balaban J connectivity index is 1.39. The molecule has 2 bridgehead atoms. The summed E-state index contributed by atoms with van der Waals surface area (Å²) in [6, 6.07) is 24.7. The summed E-state index contributed by atoms with van der Waals surface area (Å²) in [6.07, 6.45) is 2.75. The number of ether oxygens (including phenoxy) is 3. The average Bonchev–Trinajstić information content (AvgIpc) is 2.99. The third-order valence-corrected chi connectivity index (χ3v) is 7.67. The molecule has 0 atom stereocenters. The van der Waals surface area contributed by atoms with Gasteiger partial charge in [0.05, 0.1) is 19.8 Å². The Labute approximate surface area is 237 Å². The van der Waals surface area contributed by atoms with E-state index >= 15 is 0 Å². The smallest absolute Gasteiger partial charge is 0.254 e. The molecule has 2 heterocycles. The van der Waals surface area contributed by atoms with E-state index in [1.165, 1.54) is 11.1 Å². The summed E-state index contributed by atoms with van der Waals surface area (Å²) in [4.78, 5) is 17.8. The third-order valence-electron chi connectivity index (χ3n) is 7.67. The average molecular weight is 545 g/mol. The van der Waals surface area contributed by atoms with Crippen LogP contribution in [0.4, 0.5) is 0 Å². The van der Waals surface area contributed by atoms with E-state index in [1.807, 2.05) is 48.5 Å². The van der Waals surface area contributed by atoms with E-state index in [2.05, 4.69) is 29.2 Å². The van der Waals surface area contributed by atoms with Crippen molar-refractivity contribution in [3.63, 3.8) is 0 Å². The molecular weight excluding hydrogens is 504 g/mol. The first-order chi connectivity index (χ1) is 19.7. The van der Waals surface area contributed by atoms with Gasteiger partial charge in [0.15, 0.2) is 0 Å². The number of aliphatic hydroxyl groups is 1. The van der Waals surface area contributed by atoms with E-state index in [4.69, 9.17) is 14.2 Å². The zero-order valence-corrected chi connectivity index (χ0v) is 23.2. The second-order valence-electron chi connectivity index (χ2n) is 10.5. The van der Waals surface area contributed by atoms with Crippen LogP contribution < -0.4 is 4.74 Å². The lowest BCUT2D eigenvalue weighted by atomic mass is 9.99. The van der Waals surface area contributed by atoms with Crippen molar-refractivity contribution in [2.24, 2.45) is 0 Å². The summed E-state index contributed by atoms with van der Waals surface area (Å²) < 4.78 is 17.7. The lowest BCUT2D eigenvalue weighted by Crippen LogP contribution is -2.41. The lowest BCUT2D eigenvalue weighted by Gasteiger charge is -2.34. The van der Waals surface area contributed by atoms with Crippen LogP contribution in [0.25, 0.3) is 0 Å². The Kier molecular flexibility index (Phi) is 10.2. The van der Waals surface area contributed by atoms with Gasteiger partial charge in [0.25, 0.3) is 5.91 Å². The standard InChI is InChI=1S/C33H40N2O5/c36-15-13-35(24-26-5-2-1-3-6-26)33(37)29-9-10-32-30(23-29)22-27-7-4-8-28(21-27)25-34(14-18-39-19-20-40-32)31-11-16-38-17-12-31/h1-10,21,23,31,36H,11-20,22,24-25H2. The predicted molar refractivity (Wildman–Crippen MR) is 155 cm³/mol. The molecule has 2 aliphatic heterocycles. The summed E-state index contributed by atoms with van der Waals surface area (Å²) >= 11 is 0. The van der Waals surface area contributed by atoms with E-state index in [-0.39, 0.29) is 19.1 Å². The summed E-state index contributed by atoms with van der Waals surface area (Å²) in [5.74, 6) is 0.660. The molecule has 3 aromatic rings. The van der Waals surface area contributed by atoms with Gasteiger partial charge in [-0.15, -0.1) is 0 Å². The van der Waals surface area contributed by atoms with E-state index in [0.29, 0.717) is 44.4 Å². The Morgan fingerprint density at radius 3 is 2.50 bits per heavy atom. The maximum absolute atomic E-state index is 13.6. The number of rotatable bonds is 6. The molecule has 7 nitrogen and oxygen atoms in total. The quantitative estimate of drug-likeness (QED) is 0.499. The van der Waals surface area contributed by atoms with Crippen molar-refractivity contribution in [3.8, 4) is 5.75 Å². The van der Waals surface area contributed by atoms with Crippen molar-refractivity contribution in [2.45, 2.75) is 38.4 Å². The molecule has 212 valence electrons. The highest BCUT2D eigenvalue weighted by Crippen LogP contribution is 2.26. The van der Waals surface area contributed by atoms with E-state index < -0.39 is 0 Å². The van der Waals surface area contributed by atoms with Crippen LogP contribution in [0.15, 0.2) is 72.8 Å². The number of amides is 1. The number of hydrogen-bond acceptors (Lipinski definition) is 6. The molecule has 2 aliphatic rings. The van der Waals surface area contributed by atoms with Gasteiger partial charge in [-0.25, -0.2) is 0 Å². The van der Waals surface area contributed by atoms with Gasteiger partial charge in [-0.05, 0) is 53.3 Å². The maximum atomic E-state index is 13.6. The normalized spacial score (nSPS) is 17.3. The number of carbonyl (C=O) groups excluding carboxylic acids is 1. The van der Waals surface area contributed by atoms with Gasteiger partial charge < -0.3 is 24.2 Å². The highest BCUT2D eigenvalue weighted by Gasteiger charge is 2.22. The Morgan fingerprint density at radius 2 is 1.68 bits per heavy atom. The zero-order chi connectivity index (χ0) is 27.6. The number of nitrogens with zero attached hydrogens (tertiary/aromatic N) is 2. The number of aliphatic hydroxyl groups excluding tert-OH is 1. The van der Waals surface area contributed by atoms with Crippen molar-refractivity contribution in [1.82, 2.24) is 9.80 Å². The van der Waals surface area contributed by atoms with Crippen molar-refractivity contribution in [1.29, 1.82) is 0 Å². The predicted octanol–water partition coefficient (Wildman–Crippen LogP) is 4.30. The van der Waals surface area contributed by atoms with Crippen LogP contribution in [0.1, 0.15) is 45.5 Å². The van der Waals surface area contributed by atoms with E-state index in [9.17, 15) is 9.90 Å². The first-order valence-electron chi connectivity index (χ1n) is 14.4. The highest BCUT2D eigenvalue weighted by molar-refractivity contribution is 5.94. The van der Waals surface area contributed by atoms with Crippen LogP contribution in [-0.2, 0) is 29.0 Å². The van der Waals surface area contributed by atoms with Crippen molar-refractivity contribution in [2.75, 3.05) is 52.7 Å². The fourth-order valence-electron chi connectivity index (χ4n) is 5.58. The molecular formula is C33H40N2O5. The van der Waals surface area contributed by atoms with Crippen LogP contribution in [0.3, 0.4) is 0 Å². The number of fused-ring (bicyclic) bond motifs is 3. The minimum absolute atomic E-state index is 0.0929. The SMILES string of the molecule is O=C(c1ccc2c(c1)Cc1cccc(c1)CN(C1CCOCC1)CCOCCO2)N(CCO)Cc1ccccc1. The Morgan fingerprint density at radius 1 is 0.875 bits per heavy atom. The first kappa shape index (κ1) is 28.3. The van der Waals surface area contributed by atoms with Gasteiger partial charge in [-0.2, -0.15) is 0 Å². The largest absolute Gasteiger partial charge is 0.491 e. The minimum Gasteiger partial charge on any atom is -0.491 e. The second kappa shape index (κ2) is 14.4. The molecule has 0 spiro atoms. The topological polar surface area (TPSA) is 71.5 Å². The summed E-state index contributed by atoms with van der Waals surface area (Å²) in [6.45, 7) is 5.61. The molecule has 0 aliphatic carbocycles. The molecule has 1 amide bonds. The van der Waals surface area contributed by atoms with Crippen LogP contribution >= 0.6 is 0 Å². The highest BCUT2D eigenvalue weighted by atomic mass is 16.5. The number of hydrogen-bond donors (Lipinski definition) is 1. The zero-order valence-electron chi connectivity index (χ0n) is 23.2. The molecule has 0 unspecified atom stereocenters. The van der Waals surface area contributed by atoms with Crippen LogP contribution in [0, 0.1) is 0 Å². The summed E-state index contributed by atoms with van der Waals surface area (Å²) in [5.41, 5.74) is 5.03. The van der Waals surface area contributed by atoms with Gasteiger partial charge in [-0.1, -0.05) is 54.6 Å². The molecule has 5 rings (SSSR count). The molecule has 3 aromatic carbocycles. The van der Waals surface area contributed by atoms with Crippen molar-refractivity contribution in [3.05, 3.63) is 101 Å². The molecule has 1 fully saturated rings. The summed E-state index contributed by atoms with van der Waals surface area (Å²) in [7, 11) is 0. The van der Waals surface area contributed by atoms with E-state index in [0.717, 1.165) is 56.0 Å². The molecule has 0 saturated carbocycles. The van der Waals surface area contributed by atoms with Crippen molar-refractivity contribution < 1.29 is 24.1 Å². The number of carbonyl (C=O) groups is 1. The van der Waals surface area contributed by atoms with Crippen molar-refractivity contribution >= 4 is 5.91 Å². The Bertz CT molecular complexity index is 1230. The van der Waals surface area contributed by atoms with Crippen LogP contribution in [0.2, 0.25) is 0 Å². The van der Waals surface area contributed by atoms with Gasteiger partial charge in [0.1, 0.15) is 12.4 Å². The lowest BCUT2D eigenvalue weighted by molar-refractivity contribution is 0.0133. The molecule has 40 heavy (non-hydrogen) atoms. The maximum Gasteiger partial charge on any atom is 0.254 e.